The van der Waals surface area contributed by atoms with Gasteiger partial charge in [-0.3, -0.25) is 9.36 Å². The number of hydrogen-bond acceptors (Lipinski definition) is 4. The Kier molecular flexibility index (Phi) is 4.88. The summed E-state index contributed by atoms with van der Waals surface area (Å²) in [7, 11) is 0. The summed E-state index contributed by atoms with van der Waals surface area (Å²) in [5.74, 6) is -0.208. The number of rotatable bonds is 6. The molecule has 2 N–H and O–H groups in total. The van der Waals surface area contributed by atoms with Crippen LogP contribution < -0.4 is 0 Å². The van der Waals surface area contributed by atoms with Gasteiger partial charge in [-0.15, -0.1) is 0 Å². The molecule has 0 radical (unpaired) electrons. The molecule has 0 spiro atoms. The molecule has 6 heteroatoms. The number of amides is 1. The Morgan fingerprint density at radius 3 is 2.33 bits per heavy atom. The molecular formula is C18H19N3O3. The highest BCUT2D eigenvalue weighted by molar-refractivity contribution is 5.94. The Morgan fingerprint density at radius 1 is 1.00 bits per heavy atom. The summed E-state index contributed by atoms with van der Waals surface area (Å²) in [5.41, 5.74) is 3.34. The standard InChI is InChI=1S/C18H19N3O3/c22-11-9-20(10-12-23)18(24)14-5-7-15(8-6-14)21-13-19-16-3-1-2-4-17(16)21/h1-8,13,22-23H,9-12H2. The van der Waals surface area contributed by atoms with Gasteiger partial charge >= 0.3 is 0 Å². The van der Waals surface area contributed by atoms with Gasteiger partial charge in [0.05, 0.1) is 24.2 Å². The number of carbonyl (C=O) groups excluding carboxylic acids is 1. The van der Waals surface area contributed by atoms with Gasteiger partial charge in [0.1, 0.15) is 6.33 Å². The zero-order chi connectivity index (χ0) is 16.9. The van der Waals surface area contributed by atoms with Crippen LogP contribution in [0.2, 0.25) is 0 Å². The number of aliphatic hydroxyl groups excluding tert-OH is 2. The first-order valence-electron chi connectivity index (χ1n) is 7.78. The van der Waals surface area contributed by atoms with E-state index in [1.807, 2.05) is 41.0 Å². The molecule has 1 heterocycles. The fraction of sp³-hybridized carbons (Fsp3) is 0.222. The van der Waals surface area contributed by atoms with Gasteiger partial charge in [-0.2, -0.15) is 0 Å². The van der Waals surface area contributed by atoms with Crippen LogP contribution in [0.5, 0.6) is 0 Å². The molecular weight excluding hydrogens is 306 g/mol. The number of fused-ring (bicyclic) bond motifs is 1. The summed E-state index contributed by atoms with van der Waals surface area (Å²) in [6.07, 6.45) is 1.76. The van der Waals surface area contributed by atoms with E-state index in [0.29, 0.717) is 5.56 Å². The minimum atomic E-state index is -0.208. The molecule has 0 saturated carbocycles. The van der Waals surface area contributed by atoms with E-state index in [-0.39, 0.29) is 32.2 Å². The van der Waals surface area contributed by atoms with E-state index < -0.39 is 0 Å². The highest BCUT2D eigenvalue weighted by Gasteiger charge is 2.15. The second-order valence-corrected chi connectivity index (χ2v) is 5.39. The molecule has 0 aliphatic carbocycles. The lowest BCUT2D eigenvalue weighted by Crippen LogP contribution is -2.35. The van der Waals surface area contributed by atoms with Gasteiger partial charge < -0.3 is 15.1 Å². The fourth-order valence-corrected chi connectivity index (χ4v) is 2.67. The first-order valence-corrected chi connectivity index (χ1v) is 7.78. The molecule has 24 heavy (non-hydrogen) atoms. The lowest BCUT2D eigenvalue weighted by Gasteiger charge is -2.20. The summed E-state index contributed by atoms with van der Waals surface area (Å²) in [6.45, 7) is 0.135. The van der Waals surface area contributed by atoms with Gasteiger partial charge in [0.15, 0.2) is 0 Å². The Balaban J connectivity index is 1.86. The van der Waals surface area contributed by atoms with E-state index >= 15 is 0 Å². The third kappa shape index (κ3) is 3.15. The number of aliphatic hydroxyl groups is 2. The zero-order valence-corrected chi connectivity index (χ0v) is 13.2. The van der Waals surface area contributed by atoms with Crippen molar-refractivity contribution in [3.63, 3.8) is 0 Å². The predicted molar refractivity (Wildman–Crippen MR) is 91.1 cm³/mol. The van der Waals surface area contributed by atoms with Crippen molar-refractivity contribution in [1.82, 2.24) is 14.5 Å². The second-order valence-electron chi connectivity index (χ2n) is 5.39. The van der Waals surface area contributed by atoms with Crippen LogP contribution in [0.25, 0.3) is 16.7 Å². The van der Waals surface area contributed by atoms with Gasteiger partial charge in [-0.05, 0) is 36.4 Å². The largest absolute Gasteiger partial charge is 0.395 e. The molecule has 0 fully saturated rings. The van der Waals surface area contributed by atoms with E-state index in [4.69, 9.17) is 10.2 Å². The van der Waals surface area contributed by atoms with Crippen molar-refractivity contribution < 1.29 is 15.0 Å². The first kappa shape index (κ1) is 16.2. The number of hydrogen-bond donors (Lipinski definition) is 2. The van der Waals surface area contributed by atoms with Crippen LogP contribution in [-0.4, -0.2) is 56.9 Å². The minimum Gasteiger partial charge on any atom is -0.395 e. The van der Waals surface area contributed by atoms with Crippen molar-refractivity contribution in [2.45, 2.75) is 0 Å². The van der Waals surface area contributed by atoms with Crippen molar-refractivity contribution in [1.29, 1.82) is 0 Å². The van der Waals surface area contributed by atoms with E-state index in [0.717, 1.165) is 16.7 Å². The molecule has 2 aromatic carbocycles. The van der Waals surface area contributed by atoms with Gasteiger partial charge in [0.2, 0.25) is 0 Å². The zero-order valence-electron chi connectivity index (χ0n) is 13.2. The predicted octanol–water partition coefficient (Wildman–Crippen LogP) is 1.45. The minimum absolute atomic E-state index is 0.134. The van der Waals surface area contributed by atoms with Gasteiger partial charge in [-0.25, -0.2) is 4.98 Å². The number of para-hydroxylation sites is 2. The summed E-state index contributed by atoms with van der Waals surface area (Å²) in [5, 5.41) is 18.1. The molecule has 6 nitrogen and oxygen atoms in total. The Hall–Kier alpha value is -2.70. The van der Waals surface area contributed by atoms with Gasteiger partial charge in [0, 0.05) is 24.3 Å². The van der Waals surface area contributed by atoms with Crippen molar-refractivity contribution in [2.75, 3.05) is 26.3 Å². The van der Waals surface area contributed by atoms with Crippen molar-refractivity contribution in [2.24, 2.45) is 0 Å². The Morgan fingerprint density at radius 2 is 1.67 bits per heavy atom. The molecule has 124 valence electrons. The third-order valence-corrected chi connectivity index (χ3v) is 3.87. The maximum atomic E-state index is 12.4. The van der Waals surface area contributed by atoms with Crippen molar-refractivity contribution >= 4 is 16.9 Å². The summed E-state index contributed by atoms with van der Waals surface area (Å²) in [4.78, 5) is 18.2. The first-order chi connectivity index (χ1) is 11.7. The van der Waals surface area contributed by atoms with Crippen LogP contribution in [-0.2, 0) is 0 Å². The lowest BCUT2D eigenvalue weighted by molar-refractivity contribution is 0.0685. The molecule has 0 aliphatic heterocycles. The lowest BCUT2D eigenvalue weighted by atomic mass is 10.1. The fourth-order valence-electron chi connectivity index (χ4n) is 2.67. The monoisotopic (exact) mass is 325 g/mol. The molecule has 1 aromatic heterocycles. The van der Waals surface area contributed by atoms with Crippen LogP contribution in [0.1, 0.15) is 10.4 Å². The van der Waals surface area contributed by atoms with Crippen molar-refractivity contribution in [3.05, 3.63) is 60.4 Å². The number of carbonyl (C=O) groups is 1. The number of benzene rings is 2. The highest BCUT2D eigenvalue weighted by Crippen LogP contribution is 2.18. The highest BCUT2D eigenvalue weighted by atomic mass is 16.3. The average Bonchev–Trinajstić information content (AvgIpc) is 3.05. The average molecular weight is 325 g/mol. The molecule has 1 amide bonds. The van der Waals surface area contributed by atoms with Crippen LogP contribution in [0, 0.1) is 0 Å². The second kappa shape index (κ2) is 7.25. The molecule has 0 saturated heterocycles. The van der Waals surface area contributed by atoms with Gasteiger partial charge in [0.25, 0.3) is 5.91 Å². The summed E-state index contributed by atoms with van der Waals surface area (Å²) < 4.78 is 1.96. The maximum absolute atomic E-state index is 12.4. The number of imidazole rings is 1. The maximum Gasteiger partial charge on any atom is 0.254 e. The SMILES string of the molecule is O=C(c1ccc(-n2cnc3ccccc32)cc1)N(CCO)CCO. The summed E-state index contributed by atoms with van der Waals surface area (Å²) >= 11 is 0. The molecule has 0 aliphatic rings. The molecule has 3 rings (SSSR count). The Labute approximate surface area is 139 Å². The van der Waals surface area contributed by atoms with Crippen LogP contribution in [0.4, 0.5) is 0 Å². The van der Waals surface area contributed by atoms with E-state index in [1.54, 1.807) is 18.5 Å². The molecule has 0 unspecified atom stereocenters. The van der Waals surface area contributed by atoms with E-state index in [1.165, 1.54) is 4.90 Å². The topological polar surface area (TPSA) is 78.6 Å². The summed E-state index contributed by atoms with van der Waals surface area (Å²) in [6, 6.07) is 15.0. The molecule has 0 atom stereocenters. The smallest absolute Gasteiger partial charge is 0.254 e. The normalized spacial score (nSPS) is 10.9. The Bertz CT molecular complexity index is 821. The van der Waals surface area contributed by atoms with Gasteiger partial charge in [-0.1, -0.05) is 12.1 Å². The number of aromatic nitrogens is 2. The quantitative estimate of drug-likeness (QED) is 0.719. The molecule has 0 bridgehead atoms. The van der Waals surface area contributed by atoms with E-state index in [2.05, 4.69) is 4.98 Å². The van der Waals surface area contributed by atoms with E-state index in [9.17, 15) is 4.79 Å². The van der Waals surface area contributed by atoms with Crippen LogP contribution in [0.15, 0.2) is 54.9 Å². The van der Waals surface area contributed by atoms with Crippen molar-refractivity contribution in [3.8, 4) is 5.69 Å². The van der Waals surface area contributed by atoms with Crippen LogP contribution in [0.3, 0.4) is 0 Å². The van der Waals surface area contributed by atoms with Crippen LogP contribution >= 0.6 is 0 Å². The number of nitrogens with zero attached hydrogens (tertiary/aromatic N) is 3. The molecule has 3 aromatic rings. The third-order valence-electron chi connectivity index (χ3n) is 3.87.